The average molecular weight is 224 g/mol. The molecule has 0 heterocycles. The van der Waals surface area contributed by atoms with Gasteiger partial charge in [-0.2, -0.15) is 0 Å². The number of allylic oxidation sites excluding steroid dienone is 1. The fourth-order valence-corrected chi connectivity index (χ4v) is 3.82. The zero-order valence-corrected chi connectivity index (χ0v) is 11.6. The van der Waals surface area contributed by atoms with Gasteiger partial charge in [0.1, 0.15) is 0 Å². The van der Waals surface area contributed by atoms with Gasteiger partial charge in [-0.15, -0.1) is 0 Å². The summed E-state index contributed by atoms with van der Waals surface area (Å²) in [5.74, 6) is 0.336. The van der Waals surface area contributed by atoms with Crippen LogP contribution in [0.15, 0.2) is 11.6 Å². The second kappa shape index (κ2) is 4.91. The minimum Gasteiger partial charge on any atom is -0.389 e. The maximum atomic E-state index is 11.1. The number of hydrogen-bond donors (Lipinski definition) is 1. The molecule has 0 saturated heterocycles. The average Bonchev–Trinajstić information content (AvgIpc) is 2.28. The van der Waals surface area contributed by atoms with Crippen LogP contribution < -0.4 is 0 Å². The molecule has 1 heteroatoms. The van der Waals surface area contributed by atoms with Crippen LogP contribution in [0.2, 0.25) is 0 Å². The zero-order valence-electron chi connectivity index (χ0n) is 11.6. The van der Waals surface area contributed by atoms with Crippen LogP contribution in [-0.4, -0.2) is 10.7 Å². The van der Waals surface area contributed by atoms with Crippen molar-refractivity contribution in [3.8, 4) is 0 Å². The van der Waals surface area contributed by atoms with Crippen LogP contribution in [0.1, 0.15) is 66.7 Å². The van der Waals surface area contributed by atoms with E-state index in [9.17, 15) is 5.11 Å². The highest BCUT2D eigenvalue weighted by atomic mass is 16.3. The summed E-state index contributed by atoms with van der Waals surface area (Å²) in [5, 5.41) is 11.1. The number of hydrogen-bond acceptors (Lipinski definition) is 1. The highest BCUT2D eigenvalue weighted by Crippen LogP contribution is 2.54. The lowest BCUT2D eigenvalue weighted by atomic mass is 9.55. The van der Waals surface area contributed by atoms with E-state index in [0.29, 0.717) is 5.92 Å². The van der Waals surface area contributed by atoms with Gasteiger partial charge in [0.25, 0.3) is 0 Å². The van der Waals surface area contributed by atoms with E-state index in [1.54, 1.807) is 0 Å². The lowest BCUT2D eigenvalue weighted by Crippen LogP contribution is -2.54. The van der Waals surface area contributed by atoms with Crippen LogP contribution in [0, 0.1) is 11.3 Å². The van der Waals surface area contributed by atoms with Crippen molar-refractivity contribution in [1.29, 1.82) is 0 Å². The Morgan fingerprint density at radius 1 is 1.25 bits per heavy atom. The molecule has 0 aromatic carbocycles. The Hall–Kier alpha value is -0.300. The third-order valence-corrected chi connectivity index (χ3v) is 4.90. The van der Waals surface area contributed by atoms with Gasteiger partial charge >= 0.3 is 0 Å². The van der Waals surface area contributed by atoms with Crippen LogP contribution in [-0.2, 0) is 0 Å². The van der Waals surface area contributed by atoms with Crippen molar-refractivity contribution in [2.24, 2.45) is 11.3 Å². The summed E-state index contributed by atoms with van der Waals surface area (Å²) in [5.41, 5.74) is 1.00. The molecule has 1 rings (SSSR count). The molecular weight excluding hydrogens is 196 g/mol. The Balaban J connectivity index is 3.26. The summed E-state index contributed by atoms with van der Waals surface area (Å²) < 4.78 is 0. The van der Waals surface area contributed by atoms with E-state index in [1.807, 2.05) is 0 Å². The molecule has 0 aliphatic heterocycles. The summed E-state index contributed by atoms with van der Waals surface area (Å²) in [6, 6.07) is 0. The summed E-state index contributed by atoms with van der Waals surface area (Å²) >= 11 is 0. The lowest BCUT2D eigenvalue weighted by Gasteiger charge is -2.53. The number of aliphatic hydroxyl groups is 1. The third-order valence-electron chi connectivity index (χ3n) is 4.90. The van der Waals surface area contributed by atoms with Crippen molar-refractivity contribution in [2.75, 3.05) is 0 Å². The van der Waals surface area contributed by atoms with Gasteiger partial charge in [-0.3, -0.25) is 0 Å². The molecule has 0 radical (unpaired) electrons. The molecule has 1 aliphatic rings. The molecule has 0 spiro atoms. The monoisotopic (exact) mass is 224 g/mol. The van der Waals surface area contributed by atoms with Gasteiger partial charge < -0.3 is 5.11 Å². The first-order valence-electron chi connectivity index (χ1n) is 6.90. The molecule has 16 heavy (non-hydrogen) atoms. The second-order valence-electron chi connectivity index (χ2n) is 5.49. The molecule has 1 unspecified atom stereocenters. The van der Waals surface area contributed by atoms with Crippen LogP contribution in [0.4, 0.5) is 0 Å². The third kappa shape index (κ3) is 1.73. The molecule has 0 bridgehead atoms. The van der Waals surface area contributed by atoms with E-state index < -0.39 is 5.60 Å². The van der Waals surface area contributed by atoms with Crippen molar-refractivity contribution in [3.63, 3.8) is 0 Å². The molecule has 0 aromatic rings. The van der Waals surface area contributed by atoms with Gasteiger partial charge in [0.15, 0.2) is 0 Å². The summed E-state index contributed by atoms with van der Waals surface area (Å²) in [6.07, 6.45) is 7.53. The van der Waals surface area contributed by atoms with E-state index in [1.165, 1.54) is 5.57 Å². The van der Waals surface area contributed by atoms with Crippen LogP contribution >= 0.6 is 0 Å². The van der Waals surface area contributed by atoms with Gasteiger partial charge in [0.2, 0.25) is 0 Å². The summed E-state index contributed by atoms with van der Waals surface area (Å²) in [4.78, 5) is 0. The Bertz CT molecular complexity index is 261. The molecule has 0 aromatic heterocycles. The van der Waals surface area contributed by atoms with Crippen molar-refractivity contribution < 1.29 is 5.11 Å². The molecule has 1 nitrogen and oxygen atoms in total. The van der Waals surface area contributed by atoms with Gasteiger partial charge in [0.05, 0.1) is 5.60 Å². The lowest BCUT2D eigenvalue weighted by molar-refractivity contribution is -0.117. The molecule has 94 valence electrons. The van der Waals surface area contributed by atoms with E-state index in [-0.39, 0.29) is 5.41 Å². The molecule has 0 saturated carbocycles. The Morgan fingerprint density at radius 3 is 2.19 bits per heavy atom. The first-order chi connectivity index (χ1) is 7.48. The van der Waals surface area contributed by atoms with Crippen LogP contribution in [0.5, 0.6) is 0 Å². The maximum Gasteiger partial charge on any atom is 0.0766 e. The van der Waals surface area contributed by atoms with Crippen molar-refractivity contribution in [3.05, 3.63) is 11.6 Å². The number of rotatable bonds is 4. The second-order valence-corrected chi connectivity index (χ2v) is 5.49. The van der Waals surface area contributed by atoms with Crippen molar-refractivity contribution in [2.45, 2.75) is 72.3 Å². The molecule has 0 amide bonds. The Morgan fingerprint density at radius 2 is 1.81 bits per heavy atom. The minimum absolute atomic E-state index is 0.0220. The Labute approximate surface area is 101 Å². The van der Waals surface area contributed by atoms with Crippen LogP contribution in [0.3, 0.4) is 0 Å². The van der Waals surface area contributed by atoms with Crippen LogP contribution in [0.25, 0.3) is 0 Å². The topological polar surface area (TPSA) is 20.2 Å². The first kappa shape index (κ1) is 13.8. The van der Waals surface area contributed by atoms with Gasteiger partial charge in [-0.25, -0.2) is 0 Å². The Kier molecular flexibility index (Phi) is 4.23. The molecule has 1 N–H and O–H groups in total. The molecular formula is C15H28O. The predicted molar refractivity (Wildman–Crippen MR) is 70.4 cm³/mol. The quantitative estimate of drug-likeness (QED) is 0.705. The SMILES string of the molecule is CCC1=CCCC(O)(C(C)C)C1(CC)CC. The van der Waals surface area contributed by atoms with E-state index in [4.69, 9.17) is 0 Å². The summed E-state index contributed by atoms with van der Waals surface area (Å²) in [6.45, 7) is 11.0. The zero-order chi connectivity index (χ0) is 12.4. The van der Waals surface area contributed by atoms with Gasteiger partial charge in [-0.05, 0) is 38.0 Å². The molecule has 1 aliphatic carbocycles. The molecule has 0 fully saturated rings. The fraction of sp³-hybridized carbons (Fsp3) is 0.867. The molecule has 1 atom stereocenters. The van der Waals surface area contributed by atoms with Gasteiger partial charge in [-0.1, -0.05) is 46.3 Å². The minimum atomic E-state index is -0.503. The fourth-order valence-electron chi connectivity index (χ4n) is 3.82. The van der Waals surface area contributed by atoms with E-state index >= 15 is 0 Å². The predicted octanol–water partition coefficient (Wildman–Crippen LogP) is 4.31. The smallest absolute Gasteiger partial charge is 0.0766 e. The summed E-state index contributed by atoms with van der Waals surface area (Å²) in [7, 11) is 0. The standard InChI is InChI=1S/C15H28O/c1-6-13-10-9-11-15(16,12(4)5)14(13,7-2)8-3/h10,12,16H,6-9,11H2,1-5H3. The van der Waals surface area contributed by atoms with E-state index in [0.717, 1.165) is 32.1 Å². The normalized spacial score (nSPS) is 29.3. The van der Waals surface area contributed by atoms with Crippen molar-refractivity contribution >= 4 is 0 Å². The first-order valence-corrected chi connectivity index (χ1v) is 6.90. The van der Waals surface area contributed by atoms with Crippen molar-refractivity contribution in [1.82, 2.24) is 0 Å². The van der Waals surface area contributed by atoms with E-state index in [2.05, 4.69) is 40.7 Å². The van der Waals surface area contributed by atoms with Gasteiger partial charge in [0, 0.05) is 5.41 Å². The maximum absolute atomic E-state index is 11.1. The highest BCUT2D eigenvalue weighted by molar-refractivity contribution is 5.25. The highest BCUT2D eigenvalue weighted by Gasteiger charge is 2.52. The largest absolute Gasteiger partial charge is 0.389 e.